The summed E-state index contributed by atoms with van der Waals surface area (Å²) in [4.78, 5) is 30.6. The first-order chi connectivity index (χ1) is 10.8. The Kier molecular flexibility index (Phi) is 4.17. The van der Waals surface area contributed by atoms with Gasteiger partial charge in [0.05, 0.1) is 6.54 Å². The molecule has 0 unspecified atom stereocenters. The van der Waals surface area contributed by atoms with Gasteiger partial charge in [0.25, 0.3) is 5.91 Å². The molecule has 0 atom stereocenters. The minimum atomic E-state index is -0.193. The number of nitrogens with one attached hydrogen (secondary N) is 1. The van der Waals surface area contributed by atoms with E-state index in [1.54, 1.807) is 0 Å². The van der Waals surface area contributed by atoms with Gasteiger partial charge >= 0.3 is 0 Å². The molecule has 0 bridgehead atoms. The molecule has 1 N–H and O–H groups in total. The molecule has 0 aliphatic heterocycles. The lowest BCUT2D eigenvalue weighted by molar-refractivity contribution is -0.134. The zero-order chi connectivity index (χ0) is 16.6. The average Bonchev–Trinajstić information content (AvgIpc) is 3.35. The molecule has 126 valence electrons. The zero-order valence-electron chi connectivity index (χ0n) is 14.1. The Hall–Kier alpha value is -1.85. The summed E-state index contributed by atoms with van der Waals surface area (Å²) in [5.74, 6) is 0.365. The Bertz CT molecular complexity index is 594. The van der Waals surface area contributed by atoms with E-state index >= 15 is 0 Å². The van der Waals surface area contributed by atoms with E-state index < -0.39 is 0 Å². The maximum Gasteiger partial charge on any atom is 0.273 e. The Morgan fingerprint density at radius 1 is 1.30 bits per heavy atom. The Balaban J connectivity index is 1.62. The van der Waals surface area contributed by atoms with Crippen molar-refractivity contribution in [3.8, 4) is 0 Å². The van der Waals surface area contributed by atoms with E-state index in [0.717, 1.165) is 25.7 Å². The predicted molar refractivity (Wildman–Crippen MR) is 84.6 cm³/mol. The summed E-state index contributed by atoms with van der Waals surface area (Å²) in [6.07, 6.45) is 6.02. The minimum absolute atomic E-state index is 0.0455. The van der Waals surface area contributed by atoms with Crippen molar-refractivity contribution < 1.29 is 14.0 Å². The zero-order valence-corrected chi connectivity index (χ0v) is 14.1. The maximum atomic E-state index is 12.5. The van der Waals surface area contributed by atoms with Gasteiger partial charge in [0.1, 0.15) is 6.26 Å². The maximum absolute atomic E-state index is 12.5. The Morgan fingerprint density at radius 2 is 2.00 bits per heavy atom. The van der Waals surface area contributed by atoms with Crippen molar-refractivity contribution in [1.82, 2.24) is 15.2 Å². The third kappa shape index (κ3) is 4.56. The number of hydrogen-bond acceptors (Lipinski definition) is 4. The molecule has 0 spiro atoms. The second-order valence-electron chi connectivity index (χ2n) is 7.86. The lowest BCUT2D eigenvalue weighted by Crippen LogP contribution is -2.35. The quantitative estimate of drug-likeness (QED) is 0.874. The molecule has 2 aliphatic rings. The van der Waals surface area contributed by atoms with Crippen molar-refractivity contribution in [3.63, 3.8) is 0 Å². The summed E-state index contributed by atoms with van der Waals surface area (Å²) in [6.45, 7) is 6.51. The summed E-state index contributed by atoms with van der Waals surface area (Å²) < 4.78 is 5.41. The summed E-state index contributed by atoms with van der Waals surface area (Å²) in [5, 5.41) is 2.88. The van der Waals surface area contributed by atoms with Crippen molar-refractivity contribution in [2.75, 3.05) is 0 Å². The lowest BCUT2D eigenvalue weighted by Gasteiger charge is -2.25. The van der Waals surface area contributed by atoms with E-state index in [1.807, 2.05) is 4.90 Å². The van der Waals surface area contributed by atoms with Gasteiger partial charge in [-0.3, -0.25) is 9.59 Å². The molecule has 2 amide bonds. The highest BCUT2D eigenvalue weighted by atomic mass is 16.3. The van der Waals surface area contributed by atoms with Crippen LogP contribution in [-0.4, -0.2) is 33.8 Å². The van der Waals surface area contributed by atoms with Crippen LogP contribution in [-0.2, 0) is 11.3 Å². The van der Waals surface area contributed by atoms with E-state index in [9.17, 15) is 9.59 Å². The van der Waals surface area contributed by atoms with Crippen LogP contribution in [0.4, 0.5) is 0 Å². The number of hydrogen-bond donors (Lipinski definition) is 1. The second-order valence-corrected chi connectivity index (χ2v) is 7.86. The smallest absolute Gasteiger partial charge is 0.273 e. The molecule has 23 heavy (non-hydrogen) atoms. The van der Waals surface area contributed by atoms with E-state index in [4.69, 9.17) is 4.42 Å². The first-order valence-electron chi connectivity index (χ1n) is 8.36. The molecule has 0 aromatic carbocycles. The minimum Gasteiger partial charge on any atom is -0.446 e. The largest absolute Gasteiger partial charge is 0.446 e. The van der Waals surface area contributed by atoms with Crippen molar-refractivity contribution >= 4 is 11.8 Å². The number of aromatic nitrogens is 1. The van der Waals surface area contributed by atoms with Crippen LogP contribution in [0, 0.1) is 5.41 Å². The van der Waals surface area contributed by atoms with Crippen LogP contribution in [0.5, 0.6) is 0 Å². The van der Waals surface area contributed by atoms with Crippen LogP contribution in [0.3, 0.4) is 0 Å². The summed E-state index contributed by atoms with van der Waals surface area (Å²) in [6, 6.07) is 0.583. The highest BCUT2D eigenvalue weighted by molar-refractivity contribution is 5.92. The van der Waals surface area contributed by atoms with Crippen LogP contribution in [0.15, 0.2) is 10.7 Å². The van der Waals surface area contributed by atoms with Gasteiger partial charge in [0.2, 0.25) is 11.8 Å². The van der Waals surface area contributed by atoms with Gasteiger partial charge in [0.15, 0.2) is 5.69 Å². The Labute approximate surface area is 136 Å². The average molecular weight is 319 g/mol. The SMILES string of the molecule is CC(C)(C)CC(=O)N(Cc1nc(C(=O)NC2CC2)co1)C1CC1. The van der Waals surface area contributed by atoms with Gasteiger partial charge in [-0.05, 0) is 31.1 Å². The molecule has 6 nitrogen and oxygen atoms in total. The summed E-state index contributed by atoms with van der Waals surface area (Å²) >= 11 is 0. The van der Waals surface area contributed by atoms with Crippen LogP contribution in [0.25, 0.3) is 0 Å². The van der Waals surface area contributed by atoms with Crippen LogP contribution in [0.1, 0.15) is 69.3 Å². The summed E-state index contributed by atoms with van der Waals surface area (Å²) in [5.41, 5.74) is 0.252. The molecule has 3 rings (SSSR count). The first kappa shape index (κ1) is 16.0. The molecule has 6 heteroatoms. The second kappa shape index (κ2) is 5.98. The highest BCUT2D eigenvalue weighted by Gasteiger charge is 2.35. The van der Waals surface area contributed by atoms with Gasteiger partial charge in [-0.2, -0.15) is 0 Å². The summed E-state index contributed by atoms with van der Waals surface area (Å²) in [7, 11) is 0. The molecule has 2 saturated carbocycles. The molecular weight excluding hydrogens is 294 g/mol. The topological polar surface area (TPSA) is 75.4 Å². The van der Waals surface area contributed by atoms with Crippen molar-refractivity contribution in [1.29, 1.82) is 0 Å². The Morgan fingerprint density at radius 3 is 2.57 bits per heavy atom. The fraction of sp³-hybridized carbons (Fsp3) is 0.706. The van der Waals surface area contributed by atoms with Gasteiger partial charge < -0.3 is 14.6 Å². The fourth-order valence-corrected chi connectivity index (χ4v) is 2.48. The number of carbonyl (C=O) groups is 2. The number of amides is 2. The number of carbonyl (C=O) groups excluding carboxylic acids is 2. The van der Waals surface area contributed by atoms with Gasteiger partial charge in [-0.15, -0.1) is 0 Å². The molecule has 0 saturated heterocycles. The molecule has 1 heterocycles. The molecule has 1 aromatic heterocycles. The molecular formula is C17H25N3O3. The normalized spacial score (nSPS) is 17.9. The monoisotopic (exact) mass is 319 g/mol. The van der Waals surface area contributed by atoms with Crippen LogP contribution < -0.4 is 5.32 Å². The van der Waals surface area contributed by atoms with E-state index in [2.05, 4.69) is 31.1 Å². The van der Waals surface area contributed by atoms with Gasteiger partial charge in [-0.1, -0.05) is 20.8 Å². The fourth-order valence-electron chi connectivity index (χ4n) is 2.48. The molecule has 0 radical (unpaired) electrons. The van der Waals surface area contributed by atoms with Gasteiger partial charge in [-0.25, -0.2) is 4.98 Å². The van der Waals surface area contributed by atoms with E-state index in [1.165, 1.54) is 6.26 Å². The first-order valence-corrected chi connectivity index (χ1v) is 8.36. The van der Waals surface area contributed by atoms with E-state index in [-0.39, 0.29) is 17.2 Å². The highest BCUT2D eigenvalue weighted by Crippen LogP contribution is 2.31. The van der Waals surface area contributed by atoms with Crippen molar-refractivity contribution in [2.24, 2.45) is 5.41 Å². The third-order valence-electron chi connectivity index (χ3n) is 3.99. The molecule has 2 aliphatic carbocycles. The van der Waals surface area contributed by atoms with E-state index in [0.29, 0.717) is 36.6 Å². The number of nitrogens with zero attached hydrogens (tertiary/aromatic N) is 2. The van der Waals surface area contributed by atoms with Crippen LogP contribution >= 0.6 is 0 Å². The van der Waals surface area contributed by atoms with Crippen LogP contribution in [0.2, 0.25) is 0 Å². The molecule has 2 fully saturated rings. The van der Waals surface area contributed by atoms with Crippen molar-refractivity contribution in [3.05, 3.63) is 17.8 Å². The number of oxazole rings is 1. The standard InChI is InChI=1S/C17H25N3O3/c1-17(2,3)8-15(21)20(12-6-7-12)9-14-19-13(10-23-14)16(22)18-11-4-5-11/h10-12H,4-9H2,1-3H3,(H,18,22). The van der Waals surface area contributed by atoms with Crippen molar-refractivity contribution in [2.45, 2.75) is 71.5 Å². The third-order valence-corrected chi connectivity index (χ3v) is 3.99. The predicted octanol–water partition coefficient (Wildman–Crippen LogP) is 2.49. The lowest BCUT2D eigenvalue weighted by atomic mass is 9.91. The number of rotatable bonds is 6. The molecule has 1 aromatic rings. The van der Waals surface area contributed by atoms with Gasteiger partial charge in [0, 0.05) is 18.5 Å².